The molecule has 0 aliphatic heterocycles. The van der Waals surface area contributed by atoms with Crippen LogP contribution in [-0.4, -0.2) is 21.4 Å². The summed E-state index contributed by atoms with van der Waals surface area (Å²) in [6.07, 6.45) is -3.17. The first kappa shape index (κ1) is 27.5. The van der Waals surface area contributed by atoms with E-state index in [4.69, 9.17) is 0 Å². The summed E-state index contributed by atoms with van der Waals surface area (Å²) in [6, 6.07) is 12.0. The van der Waals surface area contributed by atoms with Crippen LogP contribution in [0.2, 0.25) is 0 Å². The molecule has 0 fully saturated rings. The van der Waals surface area contributed by atoms with Crippen LogP contribution in [0.15, 0.2) is 48.5 Å². The Kier molecular flexibility index (Phi) is 8.63. The Bertz CT molecular complexity index is 1290. The average Bonchev–Trinajstić information content (AvgIpc) is 2.82. The van der Waals surface area contributed by atoms with Gasteiger partial charge in [-0.3, -0.25) is 4.79 Å². The molecule has 192 valence electrons. The van der Waals surface area contributed by atoms with E-state index in [-0.39, 0.29) is 18.8 Å². The van der Waals surface area contributed by atoms with E-state index in [1.54, 1.807) is 26.0 Å². The van der Waals surface area contributed by atoms with Crippen molar-refractivity contribution in [3.63, 3.8) is 0 Å². The van der Waals surface area contributed by atoms with Gasteiger partial charge in [0.25, 0.3) is 0 Å². The molecule has 0 aliphatic rings. The summed E-state index contributed by atoms with van der Waals surface area (Å²) >= 11 is 0. The Hall–Kier alpha value is -3.11. The second-order valence-corrected chi connectivity index (χ2v) is 9.78. The quantitative estimate of drug-likeness (QED) is 0.394. The minimum atomic E-state index is -4.61. The van der Waals surface area contributed by atoms with Gasteiger partial charge in [-0.05, 0) is 55.7 Å². The Morgan fingerprint density at radius 2 is 1.72 bits per heavy atom. The molecule has 2 N–H and O–H groups in total. The molecule has 1 amide bonds. The third-order valence-corrected chi connectivity index (χ3v) is 6.36. The van der Waals surface area contributed by atoms with Crippen molar-refractivity contribution >= 4 is 16.9 Å². The lowest BCUT2D eigenvalue weighted by atomic mass is 9.97. The van der Waals surface area contributed by atoms with Crippen LogP contribution >= 0.6 is 0 Å². The number of hydrogen-bond acceptors (Lipinski definition) is 3. The summed E-state index contributed by atoms with van der Waals surface area (Å²) in [6.45, 7) is 5.26. The van der Waals surface area contributed by atoms with E-state index in [0.29, 0.717) is 22.3 Å². The number of alkyl halides is 3. The van der Waals surface area contributed by atoms with Crippen LogP contribution < -0.4 is 10.0 Å². The zero-order chi connectivity index (χ0) is 26.6. The van der Waals surface area contributed by atoms with Gasteiger partial charge < -0.3 is 5.32 Å². The van der Waals surface area contributed by atoms with Gasteiger partial charge in [0.1, 0.15) is 11.5 Å². The van der Waals surface area contributed by atoms with Crippen LogP contribution in [0.3, 0.4) is 0 Å². The number of nitrogens with one attached hydrogen (secondary N) is 2. The number of carbonyl (C=O) groups is 1. The minimum absolute atomic E-state index is 0.0518. The van der Waals surface area contributed by atoms with E-state index in [1.807, 2.05) is 19.1 Å². The maximum absolute atomic E-state index is 14.4. The number of aromatic nitrogens is 1. The summed E-state index contributed by atoms with van der Waals surface area (Å²) in [5.74, 6) is -1.66. The molecule has 1 heterocycles. The lowest BCUT2D eigenvalue weighted by Gasteiger charge is -2.17. The second-order valence-electron chi connectivity index (χ2n) is 8.59. The van der Waals surface area contributed by atoms with E-state index in [2.05, 4.69) is 15.0 Å². The van der Waals surface area contributed by atoms with Crippen LogP contribution in [0.4, 0.5) is 17.6 Å². The number of hydrogen-bond donors (Lipinski definition) is 2. The predicted octanol–water partition coefficient (Wildman–Crippen LogP) is 5.33. The molecule has 1 aromatic heterocycles. The van der Waals surface area contributed by atoms with E-state index >= 15 is 0 Å². The molecule has 0 saturated carbocycles. The highest BCUT2D eigenvalue weighted by atomic mass is 32.2. The van der Waals surface area contributed by atoms with Crippen molar-refractivity contribution in [2.24, 2.45) is 0 Å². The first-order valence-electron chi connectivity index (χ1n) is 11.1. The van der Waals surface area contributed by atoms with Crippen molar-refractivity contribution in [3.05, 3.63) is 87.9 Å². The molecular formula is C26H27F4N3O2S. The van der Waals surface area contributed by atoms with E-state index in [9.17, 15) is 26.6 Å². The number of aryl methyl sites for hydroxylation is 2. The fourth-order valence-electron chi connectivity index (χ4n) is 3.66. The Morgan fingerprint density at radius 3 is 2.36 bits per heavy atom. The number of amides is 1. The number of benzene rings is 2. The molecule has 0 spiro atoms. The Labute approximate surface area is 209 Å². The molecule has 0 saturated heterocycles. The molecule has 36 heavy (non-hydrogen) atoms. The van der Waals surface area contributed by atoms with Crippen LogP contribution in [0.1, 0.15) is 46.4 Å². The lowest BCUT2D eigenvalue weighted by molar-refractivity contribution is -0.141. The molecule has 10 heteroatoms. The molecule has 5 nitrogen and oxygen atoms in total. The van der Waals surface area contributed by atoms with Gasteiger partial charge >= 0.3 is 6.18 Å². The molecule has 0 radical (unpaired) electrons. The number of carbonyl (C=O) groups excluding carboxylic acids is 1. The largest absolute Gasteiger partial charge is 0.433 e. The van der Waals surface area contributed by atoms with Gasteiger partial charge in [0, 0.05) is 30.5 Å². The highest BCUT2D eigenvalue weighted by molar-refractivity contribution is 7.82. The first-order chi connectivity index (χ1) is 16.9. The van der Waals surface area contributed by atoms with Gasteiger partial charge in [-0.1, -0.05) is 35.9 Å². The third-order valence-electron chi connectivity index (χ3n) is 5.81. The average molecular weight is 522 g/mol. The zero-order valence-electron chi connectivity index (χ0n) is 20.3. The number of halogens is 4. The molecule has 2 aromatic carbocycles. The van der Waals surface area contributed by atoms with Crippen LogP contribution in [-0.2, 0) is 35.0 Å². The second kappa shape index (κ2) is 11.3. The van der Waals surface area contributed by atoms with Crippen molar-refractivity contribution in [2.45, 2.75) is 46.0 Å². The van der Waals surface area contributed by atoms with Crippen molar-refractivity contribution in [1.29, 1.82) is 0 Å². The van der Waals surface area contributed by atoms with Gasteiger partial charge in [0.05, 0.1) is 22.6 Å². The monoisotopic (exact) mass is 521 g/mol. The Morgan fingerprint density at radius 1 is 1.03 bits per heavy atom. The van der Waals surface area contributed by atoms with E-state index in [1.165, 1.54) is 24.5 Å². The summed E-state index contributed by atoms with van der Waals surface area (Å²) < 4.78 is 68.4. The van der Waals surface area contributed by atoms with Crippen LogP contribution in [0.5, 0.6) is 0 Å². The van der Waals surface area contributed by atoms with Crippen molar-refractivity contribution < 1.29 is 26.6 Å². The maximum Gasteiger partial charge on any atom is 0.433 e. The van der Waals surface area contributed by atoms with Crippen LogP contribution in [0.25, 0.3) is 11.3 Å². The normalized spacial score (nSPS) is 13.3. The predicted molar refractivity (Wildman–Crippen MR) is 132 cm³/mol. The molecule has 0 bridgehead atoms. The van der Waals surface area contributed by atoms with E-state index in [0.717, 1.165) is 17.2 Å². The molecule has 3 aromatic rings. The summed E-state index contributed by atoms with van der Waals surface area (Å²) in [7, 11) is -1.29. The third kappa shape index (κ3) is 6.76. The number of pyridine rings is 1. The maximum atomic E-state index is 14.4. The summed E-state index contributed by atoms with van der Waals surface area (Å²) in [4.78, 5) is 16.7. The van der Waals surface area contributed by atoms with Gasteiger partial charge in [0.2, 0.25) is 5.91 Å². The van der Waals surface area contributed by atoms with Gasteiger partial charge in [-0.2, -0.15) is 13.2 Å². The topological polar surface area (TPSA) is 71.1 Å². The molecule has 2 atom stereocenters. The summed E-state index contributed by atoms with van der Waals surface area (Å²) in [5, 5.41) is 2.74. The number of nitrogens with zero attached hydrogens (tertiary/aromatic N) is 1. The zero-order valence-corrected chi connectivity index (χ0v) is 21.1. The highest BCUT2D eigenvalue weighted by Crippen LogP contribution is 2.33. The molecule has 0 aliphatic carbocycles. The van der Waals surface area contributed by atoms with E-state index < -0.39 is 40.5 Å². The SMILES string of the molecule is Cc1ccc(C)c(-c2nc(C(F)(F)F)ccc2CNC(=O)C(C)c2ccc(CNS(C)=O)c(F)c2)c1. The van der Waals surface area contributed by atoms with Crippen molar-refractivity contribution in [2.75, 3.05) is 6.26 Å². The van der Waals surface area contributed by atoms with Crippen molar-refractivity contribution in [3.8, 4) is 11.3 Å². The Balaban J connectivity index is 1.83. The highest BCUT2D eigenvalue weighted by Gasteiger charge is 2.33. The fraction of sp³-hybridized carbons (Fsp3) is 0.308. The molecular weight excluding hydrogens is 494 g/mol. The summed E-state index contributed by atoms with van der Waals surface area (Å²) in [5.41, 5.74) is 2.49. The standard InChI is InChI=1S/C26H27F4N3O2S/c1-15-5-6-16(2)21(11-15)24-20(9-10-23(33-24)26(28,29)30)13-31-25(34)17(3)18-7-8-19(22(27)12-18)14-32-36(4)35/h5-12,17,32H,13-14H2,1-4H3,(H,31,34). The first-order valence-corrected chi connectivity index (χ1v) is 12.7. The van der Waals surface area contributed by atoms with Crippen LogP contribution in [0, 0.1) is 19.7 Å². The van der Waals surface area contributed by atoms with Gasteiger partial charge in [-0.25, -0.2) is 18.3 Å². The van der Waals surface area contributed by atoms with Gasteiger partial charge in [0.15, 0.2) is 0 Å². The minimum Gasteiger partial charge on any atom is -0.351 e. The van der Waals surface area contributed by atoms with Gasteiger partial charge in [-0.15, -0.1) is 0 Å². The molecule has 3 rings (SSSR count). The van der Waals surface area contributed by atoms with Crippen molar-refractivity contribution in [1.82, 2.24) is 15.0 Å². The fourth-order valence-corrected chi connectivity index (χ4v) is 4.01. The smallest absolute Gasteiger partial charge is 0.351 e. The number of rotatable bonds is 8. The lowest BCUT2D eigenvalue weighted by Crippen LogP contribution is -2.28. The molecule has 2 unspecified atom stereocenters.